The molecule has 0 unspecified atom stereocenters. The van der Waals surface area contributed by atoms with Crippen LogP contribution in [-0.4, -0.2) is 18.4 Å². The van der Waals surface area contributed by atoms with Crippen LogP contribution in [0.5, 0.6) is 0 Å². The number of carbonyl (C=O) groups is 2. The quantitative estimate of drug-likeness (QED) is 0.920. The van der Waals surface area contributed by atoms with Gasteiger partial charge in [0.1, 0.15) is 6.04 Å². The van der Waals surface area contributed by atoms with Crippen molar-refractivity contribution in [1.82, 2.24) is 5.32 Å². The fraction of sp³-hybridized carbons (Fsp3) is 0.500. The van der Waals surface area contributed by atoms with E-state index in [-0.39, 0.29) is 11.8 Å². The predicted octanol–water partition coefficient (Wildman–Crippen LogP) is 2.48. The number of aryl methyl sites for hydroxylation is 2. The molecule has 0 bridgehead atoms. The van der Waals surface area contributed by atoms with Gasteiger partial charge in [0.2, 0.25) is 5.91 Å². The highest BCUT2D eigenvalue weighted by molar-refractivity contribution is 6.07. The Kier molecular flexibility index (Phi) is 3.84. The molecule has 0 aliphatic carbocycles. The van der Waals surface area contributed by atoms with Gasteiger partial charge in [0.05, 0.1) is 5.69 Å². The van der Waals surface area contributed by atoms with Gasteiger partial charge in [0.25, 0.3) is 5.91 Å². The van der Waals surface area contributed by atoms with E-state index in [9.17, 15) is 9.59 Å². The Labute approximate surface area is 120 Å². The smallest absolute Gasteiger partial charge is 0.254 e. The number of rotatable bonds is 3. The first-order valence-corrected chi connectivity index (χ1v) is 7.01. The summed E-state index contributed by atoms with van der Waals surface area (Å²) in [6.07, 6.45) is 0. The number of carbonyl (C=O) groups excluding carboxylic acids is 2. The molecule has 0 saturated heterocycles. The van der Waals surface area contributed by atoms with Crippen LogP contribution in [0.15, 0.2) is 12.1 Å². The fourth-order valence-corrected chi connectivity index (χ4v) is 2.81. The zero-order valence-electron chi connectivity index (χ0n) is 12.8. The summed E-state index contributed by atoms with van der Waals surface area (Å²) in [4.78, 5) is 25.9. The molecule has 1 aromatic carbocycles. The van der Waals surface area contributed by atoms with Crippen molar-refractivity contribution in [2.45, 2.75) is 40.7 Å². The topological polar surface area (TPSA) is 49.4 Å². The second-order valence-electron chi connectivity index (χ2n) is 5.94. The Morgan fingerprint density at radius 3 is 2.45 bits per heavy atom. The maximum absolute atomic E-state index is 12.6. The molecular formula is C16H22N2O2. The second kappa shape index (κ2) is 5.27. The van der Waals surface area contributed by atoms with Gasteiger partial charge in [0, 0.05) is 19.0 Å². The Hall–Kier alpha value is -1.84. The van der Waals surface area contributed by atoms with Crippen LogP contribution in [0, 0.1) is 19.8 Å². The summed E-state index contributed by atoms with van der Waals surface area (Å²) >= 11 is 0. The average molecular weight is 274 g/mol. The number of nitrogens with zero attached hydrogens (tertiary/aromatic N) is 1. The molecule has 1 N–H and O–H groups in total. The van der Waals surface area contributed by atoms with E-state index in [1.54, 1.807) is 0 Å². The van der Waals surface area contributed by atoms with Crippen molar-refractivity contribution in [3.63, 3.8) is 0 Å². The molecule has 0 spiro atoms. The normalized spacial score (nSPS) is 17.6. The molecule has 108 valence electrons. The number of amides is 2. The van der Waals surface area contributed by atoms with Gasteiger partial charge in [-0.25, -0.2) is 0 Å². The average Bonchev–Trinajstić information content (AvgIpc) is 2.59. The van der Waals surface area contributed by atoms with E-state index in [1.807, 2.05) is 30.9 Å². The van der Waals surface area contributed by atoms with Crippen LogP contribution in [0.1, 0.15) is 43.5 Å². The summed E-state index contributed by atoms with van der Waals surface area (Å²) in [5.41, 5.74) is 4.05. The molecule has 1 atom stereocenters. The fourth-order valence-electron chi connectivity index (χ4n) is 2.81. The van der Waals surface area contributed by atoms with Crippen LogP contribution in [0.2, 0.25) is 0 Å². The number of benzene rings is 1. The van der Waals surface area contributed by atoms with Gasteiger partial charge >= 0.3 is 0 Å². The summed E-state index contributed by atoms with van der Waals surface area (Å²) in [6, 6.07) is 3.50. The lowest BCUT2D eigenvalue weighted by Crippen LogP contribution is -2.38. The summed E-state index contributed by atoms with van der Waals surface area (Å²) in [6.45, 7) is 10.3. The van der Waals surface area contributed by atoms with Gasteiger partial charge in [-0.1, -0.05) is 26.0 Å². The minimum Gasteiger partial charge on any atom is -0.341 e. The summed E-state index contributed by atoms with van der Waals surface area (Å²) < 4.78 is 0. The third-order valence-electron chi connectivity index (χ3n) is 3.60. The van der Waals surface area contributed by atoms with E-state index in [2.05, 4.69) is 19.2 Å². The molecular weight excluding hydrogens is 252 g/mol. The zero-order chi connectivity index (χ0) is 15.0. The highest BCUT2D eigenvalue weighted by Crippen LogP contribution is 2.40. The summed E-state index contributed by atoms with van der Waals surface area (Å²) in [7, 11) is 0. The van der Waals surface area contributed by atoms with E-state index in [1.165, 1.54) is 6.92 Å². The molecule has 4 heteroatoms. The minimum absolute atomic E-state index is 0.0266. The standard InChI is InChI=1S/C16H22N2O2/c1-9(2)8-18-15-11(4)7-6-10(3)13(15)14(16(18)20)17-12(5)19/h6-7,9,14H,8H2,1-5H3,(H,17,19)/t14-/m1/s1. The Balaban J connectivity index is 2.55. The van der Waals surface area contributed by atoms with Crippen molar-refractivity contribution < 1.29 is 9.59 Å². The second-order valence-corrected chi connectivity index (χ2v) is 5.94. The predicted molar refractivity (Wildman–Crippen MR) is 79.7 cm³/mol. The largest absolute Gasteiger partial charge is 0.341 e. The highest BCUT2D eigenvalue weighted by atomic mass is 16.2. The van der Waals surface area contributed by atoms with Gasteiger partial charge in [-0.3, -0.25) is 9.59 Å². The highest BCUT2D eigenvalue weighted by Gasteiger charge is 2.39. The molecule has 0 radical (unpaired) electrons. The minimum atomic E-state index is -0.541. The maximum Gasteiger partial charge on any atom is 0.254 e. The Morgan fingerprint density at radius 1 is 1.30 bits per heavy atom. The van der Waals surface area contributed by atoms with Gasteiger partial charge in [0.15, 0.2) is 0 Å². The molecule has 0 saturated carbocycles. The third kappa shape index (κ3) is 2.42. The van der Waals surface area contributed by atoms with E-state index in [4.69, 9.17) is 0 Å². The van der Waals surface area contributed by atoms with Gasteiger partial charge in [-0.15, -0.1) is 0 Å². The number of anilines is 1. The van der Waals surface area contributed by atoms with Crippen molar-refractivity contribution in [3.05, 3.63) is 28.8 Å². The lowest BCUT2D eigenvalue weighted by atomic mass is 9.99. The summed E-state index contributed by atoms with van der Waals surface area (Å²) in [5.74, 6) is 0.172. The molecule has 20 heavy (non-hydrogen) atoms. The first kappa shape index (κ1) is 14.6. The number of fused-ring (bicyclic) bond motifs is 1. The lowest BCUT2D eigenvalue weighted by Gasteiger charge is -2.21. The Bertz CT molecular complexity index is 564. The Morgan fingerprint density at radius 2 is 1.90 bits per heavy atom. The maximum atomic E-state index is 12.6. The number of hydrogen-bond acceptors (Lipinski definition) is 2. The SMILES string of the molecule is CC(=O)N[C@H]1C(=O)N(CC(C)C)c2c(C)ccc(C)c21. The van der Waals surface area contributed by atoms with E-state index in [0.717, 1.165) is 22.4 Å². The van der Waals surface area contributed by atoms with E-state index in [0.29, 0.717) is 12.5 Å². The molecule has 0 fully saturated rings. The first-order chi connectivity index (χ1) is 9.32. The van der Waals surface area contributed by atoms with Crippen LogP contribution in [-0.2, 0) is 9.59 Å². The lowest BCUT2D eigenvalue weighted by molar-refractivity contribution is -0.126. The van der Waals surface area contributed by atoms with E-state index < -0.39 is 6.04 Å². The van der Waals surface area contributed by atoms with Crippen LogP contribution < -0.4 is 10.2 Å². The molecule has 4 nitrogen and oxygen atoms in total. The van der Waals surface area contributed by atoms with Crippen LogP contribution in [0.3, 0.4) is 0 Å². The molecule has 1 aliphatic heterocycles. The monoisotopic (exact) mass is 274 g/mol. The van der Waals surface area contributed by atoms with Crippen molar-refractivity contribution >= 4 is 17.5 Å². The van der Waals surface area contributed by atoms with Crippen LogP contribution in [0.4, 0.5) is 5.69 Å². The first-order valence-electron chi connectivity index (χ1n) is 7.01. The van der Waals surface area contributed by atoms with Crippen molar-refractivity contribution in [2.75, 3.05) is 11.4 Å². The van der Waals surface area contributed by atoms with Crippen LogP contribution in [0.25, 0.3) is 0 Å². The van der Waals surface area contributed by atoms with Crippen LogP contribution >= 0.6 is 0 Å². The summed E-state index contributed by atoms with van der Waals surface area (Å²) in [5, 5.41) is 2.79. The zero-order valence-corrected chi connectivity index (χ0v) is 12.8. The number of hydrogen-bond donors (Lipinski definition) is 1. The molecule has 1 heterocycles. The van der Waals surface area contributed by atoms with Crippen molar-refractivity contribution in [1.29, 1.82) is 0 Å². The molecule has 0 aromatic heterocycles. The molecule has 1 aliphatic rings. The van der Waals surface area contributed by atoms with Crippen molar-refractivity contribution in [3.8, 4) is 0 Å². The molecule has 2 rings (SSSR count). The van der Waals surface area contributed by atoms with E-state index >= 15 is 0 Å². The van der Waals surface area contributed by atoms with Gasteiger partial charge in [-0.05, 0) is 30.9 Å². The third-order valence-corrected chi connectivity index (χ3v) is 3.60. The molecule has 1 aromatic rings. The van der Waals surface area contributed by atoms with Gasteiger partial charge in [-0.2, -0.15) is 0 Å². The molecule has 2 amide bonds. The van der Waals surface area contributed by atoms with Gasteiger partial charge < -0.3 is 10.2 Å². The number of nitrogens with one attached hydrogen (secondary N) is 1. The van der Waals surface area contributed by atoms with Crippen molar-refractivity contribution in [2.24, 2.45) is 5.92 Å².